The fraction of sp³-hybridized carbons (Fsp3) is 0.346. The monoisotopic (exact) mass is 602 g/mol. The molecule has 0 fully saturated rings. The first-order valence-electron chi connectivity index (χ1n) is 12.0. The van der Waals surface area contributed by atoms with Gasteiger partial charge in [-0.1, -0.05) is 11.6 Å². The van der Waals surface area contributed by atoms with Gasteiger partial charge in [-0.15, -0.1) is 0 Å². The maximum absolute atomic E-state index is 14.0. The number of carbonyl (C=O) groups excluding carboxylic acids is 3. The number of carbonyl (C=O) groups is 3. The van der Waals surface area contributed by atoms with Crippen molar-refractivity contribution in [1.82, 2.24) is 9.47 Å². The van der Waals surface area contributed by atoms with Gasteiger partial charge in [0.05, 0.1) is 17.8 Å². The van der Waals surface area contributed by atoms with Gasteiger partial charge in [-0.2, -0.15) is 13.2 Å². The topological polar surface area (TPSA) is 92.7 Å². The van der Waals surface area contributed by atoms with Gasteiger partial charge in [0.2, 0.25) is 5.91 Å². The number of thioether (sulfide) groups is 1. The number of likely N-dealkylation sites (N-methyl/N-ethyl adjacent to an activating group) is 1. The van der Waals surface area contributed by atoms with Gasteiger partial charge in [0.1, 0.15) is 11.9 Å². The third-order valence-corrected chi connectivity index (χ3v) is 6.81. The van der Waals surface area contributed by atoms with E-state index in [-0.39, 0.29) is 42.3 Å². The molecule has 3 rings (SSSR count). The summed E-state index contributed by atoms with van der Waals surface area (Å²) >= 11 is 5.75. The van der Waals surface area contributed by atoms with Crippen molar-refractivity contribution >= 4 is 63.5 Å². The average molecular weight is 603 g/mol. The van der Waals surface area contributed by atoms with Crippen molar-refractivity contribution in [3.8, 4) is 0 Å². The predicted molar refractivity (Wildman–Crippen MR) is 147 cm³/mol. The third-order valence-electron chi connectivity index (χ3n) is 5.79. The second-order valence-electron chi connectivity index (χ2n) is 8.86. The Morgan fingerprint density at radius 3 is 2.50 bits per heavy atom. The standard InChI is InChI=1S/C26H27ClF4N4O4S/c1-4-39-24(37)22(34(2)3)9-10-23(36)35-13-20(18-12-16(27)5-8-21(18)35)33-25(38)32-17-6-7-19(28)15(11-17)14-40-26(29,30)31/h5-8,11-13,22H,4,9-10,14H2,1-3H3,(H2,32,33,38). The molecule has 1 aromatic heterocycles. The van der Waals surface area contributed by atoms with Crippen molar-refractivity contribution in [3.63, 3.8) is 0 Å². The molecule has 0 saturated heterocycles. The maximum atomic E-state index is 14.0. The Labute approximate surface area is 237 Å². The van der Waals surface area contributed by atoms with Crippen molar-refractivity contribution in [2.24, 2.45) is 0 Å². The van der Waals surface area contributed by atoms with E-state index < -0.39 is 46.9 Å². The van der Waals surface area contributed by atoms with Gasteiger partial charge >= 0.3 is 17.5 Å². The first kappa shape index (κ1) is 31.2. The Bertz CT molecular complexity index is 1400. The van der Waals surface area contributed by atoms with Crippen molar-refractivity contribution in [1.29, 1.82) is 0 Å². The smallest absolute Gasteiger partial charge is 0.442 e. The Hall–Kier alpha value is -3.29. The molecule has 216 valence electrons. The summed E-state index contributed by atoms with van der Waals surface area (Å²) in [7, 11) is 3.41. The van der Waals surface area contributed by atoms with Crippen molar-refractivity contribution in [2.75, 3.05) is 31.3 Å². The highest BCUT2D eigenvalue weighted by molar-refractivity contribution is 7.99. The molecule has 14 heteroatoms. The molecule has 1 heterocycles. The summed E-state index contributed by atoms with van der Waals surface area (Å²) in [5, 5.41) is 5.86. The zero-order chi connectivity index (χ0) is 29.6. The Kier molecular flexibility index (Phi) is 10.4. The lowest BCUT2D eigenvalue weighted by Crippen LogP contribution is -2.37. The van der Waals surface area contributed by atoms with E-state index in [0.717, 1.165) is 12.1 Å². The van der Waals surface area contributed by atoms with E-state index in [1.165, 1.54) is 16.8 Å². The highest BCUT2D eigenvalue weighted by Crippen LogP contribution is 2.34. The first-order valence-corrected chi connectivity index (χ1v) is 13.4. The number of urea groups is 1. The predicted octanol–water partition coefficient (Wildman–Crippen LogP) is 6.74. The summed E-state index contributed by atoms with van der Waals surface area (Å²) in [6.45, 7) is 1.91. The van der Waals surface area contributed by atoms with Crippen LogP contribution in [0.2, 0.25) is 5.02 Å². The normalized spacial score (nSPS) is 12.4. The Morgan fingerprint density at radius 2 is 1.85 bits per heavy atom. The number of ether oxygens (including phenoxy) is 1. The lowest BCUT2D eigenvalue weighted by molar-refractivity contribution is -0.148. The summed E-state index contributed by atoms with van der Waals surface area (Å²) < 4.78 is 58.0. The molecular formula is C26H27ClF4N4O4S. The summed E-state index contributed by atoms with van der Waals surface area (Å²) in [6.07, 6.45) is 1.60. The molecule has 1 unspecified atom stereocenters. The van der Waals surface area contributed by atoms with E-state index >= 15 is 0 Å². The van der Waals surface area contributed by atoms with Crippen molar-refractivity contribution in [3.05, 3.63) is 59.0 Å². The summed E-state index contributed by atoms with van der Waals surface area (Å²) in [5.74, 6) is -2.28. The van der Waals surface area contributed by atoms with E-state index in [9.17, 15) is 31.9 Å². The maximum Gasteiger partial charge on any atom is 0.442 e. The van der Waals surface area contributed by atoms with Crippen LogP contribution in [-0.4, -0.2) is 59.6 Å². The van der Waals surface area contributed by atoms with Crippen molar-refractivity contribution in [2.45, 2.75) is 37.1 Å². The van der Waals surface area contributed by atoms with Crippen LogP contribution in [0.25, 0.3) is 10.9 Å². The molecule has 1 atom stereocenters. The molecule has 0 saturated carbocycles. The number of aromatic nitrogens is 1. The number of nitrogens with one attached hydrogen (secondary N) is 2. The van der Waals surface area contributed by atoms with Gasteiger partial charge in [0.15, 0.2) is 0 Å². The van der Waals surface area contributed by atoms with Gasteiger partial charge in [-0.05, 0) is 75.6 Å². The van der Waals surface area contributed by atoms with Crippen LogP contribution in [0.3, 0.4) is 0 Å². The lowest BCUT2D eigenvalue weighted by Gasteiger charge is -2.22. The fourth-order valence-corrected chi connectivity index (χ4v) is 4.63. The van der Waals surface area contributed by atoms with Crippen LogP contribution in [0.15, 0.2) is 42.6 Å². The number of esters is 1. The number of benzene rings is 2. The van der Waals surface area contributed by atoms with Crippen molar-refractivity contribution < 1.29 is 36.7 Å². The fourth-order valence-electron chi connectivity index (χ4n) is 3.92. The van der Waals surface area contributed by atoms with Gasteiger partial charge in [-0.3, -0.25) is 19.1 Å². The Morgan fingerprint density at radius 1 is 1.12 bits per heavy atom. The molecule has 0 spiro atoms. The minimum atomic E-state index is -4.54. The van der Waals surface area contributed by atoms with E-state index in [2.05, 4.69) is 10.6 Å². The molecule has 0 radical (unpaired) electrons. The van der Waals surface area contributed by atoms with Crippen LogP contribution in [0.1, 0.15) is 30.1 Å². The average Bonchev–Trinajstić information content (AvgIpc) is 3.21. The van der Waals surface area contributed by atoms with Crippen LogP contribution in [0, 0.1) is 5.82 Å². The lowest BCUT2D eigenvalue weighted by atomic mass is 10.1. The summed E-state index contributed by atoms with van der Waals surface area (Å²) in [6, 6.07) is 6.63. The van der Waals surface area contributed by atoms with E-state index in [1.54, 1.807) is 44.1 Å². The zero-order valence-electron chi connectivity index (χ0n) is 21.8. The second kappa shape index (κ2) is 13.4. The molecule has 40 heavy (non-hydrogen) atoms. The Balaban J connectivity index is 1.78. The molecule has 0 aliphatic rings. The molecule has 0 bridgehead atoms. The molecule has 0 aliphatic heterocycles. The SMILES string of the molecule is CCOC(=O)C(CCC(=O)n1cc(NC(=O)Nc2ccc(F)c(CSC(F)(F)F)c2)c2cc(Cl)ccc21)N(C)C. The third kappa shape index (κ3) is 8.35. The number of nitrogens with zero attached hydrogens (tertiary/aromatic N) is 2. The van der Waals surface area contributed by atoms with E-state index in [0.29, 0.717) is 15.9 Å². The van der Waals surface area contributed by atoms with Gasteiger partial charge < -0.3 is 15.4 Å². The highest BCUT2D eigenvalue weighted by Gasteiger charge is 2.28. The van der Waals surface area contributed by atoms with Crippen LogP contribution < -0.4 is 10.6 Å². The zero-order valence-corrected chi connectivity index (χ0v) is 23.3. The largest absolute Gasteiger partial charge is 0.465 e. The first-order chi connectivity index (χ1) is 18.8. The van der Waals surface area contributed by atoms with Gasteiger partial charge in [-0.25, -0.2) is 9.18 Å². The van der Waals surface area contributed by atoms with E-state index in [4.69, 9.17) is 16.3 Å². The van der Waals surface area contributed by atoms with Crippen LogP contribution in [0.4, 0.5) is 33.7 Å². The number of rotatable bonds is 10. The molecule has 3 aromatic rings. The number of hydrogen-bond acceptors (Lipinski definition) is 6. The molecule has 0 aliphatic carbocycles. The quantitative estimate of drug-likeness (QED) is 0.197. The number of hydrogen-bond donors (Lipinski definition) is 2. The molecule has 2 aromatic carbocycles. The number of anilines is 2. The summed E-state index contributed by atoms with van der Waals surface area (Å²) in [4.78, 5) is 39.8. The minimum absolute atomic E-state index is 0.00595. The second-order valence-corrected chi connectivity index (χ2v) is 10.3. The molecule has 2 amide bonds. The van der Waals surface area contributed by atoms with E-state index in [1.807, 2.05) is 0 Å². The summed E-state index contributed by atoms with van der Waals surface area (Å²) in [5.41, 5.74) is -4.01. The van der Waals surface area contributed by atoms with Gasteiger partial charge in [0, 0.05) is 40.0 Å². The van der Waals surface area contributed by atoms with Crippen LogP contribution in [0.5, 0.6) is 0 Å². The number of amides is 2. The number of halogens is 5. The highest BCUT2D eigenvalue weighted by atomic mass is 35.5. The minimum Gasteiger partial charge on any atom is -0.465 e. The number of alkyl halides is 3. The molecule has 8 nitrogen and oxygen atoms in total. The van der Waals surface area contributed by atoms with Crippen LogP contribution in [-0.2, 0) is 15.3 Å². The molecule has 2 N–H and O–H groups in total. The van der Waals surface area contributed by atoms with Gasteiger partial charge in [0.25, 0.3) is 0 Å². The number of fused-ring (bicyclic) bond motifs is 1. The molecular weight excluding hydrogens is 576 g/mol. The van der Waals surface area contributed by atoms with Crippen LogP contribution >= 0.6 is 23.4 Å².